The molecule has 0 spiro atoms. The molecule has 0 aliphatic carbocycles. The summed E-state index contributed by atoms with van der Waals surface area (Å²) in [6.07, 6.45) is 4.17. The zero-order chi connectivity index (χ0) is 10.5. The van der Waals surface area contributed by atoms with Gasteiger partial charge in [0.05, 0.1) is 0 Å². The average Bonchev–Trinajstić information content (AvgIpc) is 2.81. The largest absolute Gasteiger partial charge is 0.368 e. The second-order valence-electron chi connectivity index (χ2n) is 4.46. The number of hydrogen-bond donors (Lipinski definition) is 2. The first-order valence-corrected chi connectivity index (χ1v) is 5.96. The van der Waals surface area contributed by atoms with Crippen LogP contribution in [-0.2, 0) is 9.53 Å². The summed E-state index contributed by atoms with van der Waals surface area (Å²) in [5.74, 6) is 0.683. The molecule has 2 rings (SSSR count). The van der Waals surface area contributed by atoms with Crippen LogP contribution in [0.2, 0.25) is 0 Å². The van der Waals surface area contributed by atoms with Crippen LogP contribution in [0.25, 0.3) is 0 Å². The van der Waals surface area contributed by atoms with Crippen LogP contribution in [0, 0.1) is 5.92 Å². The maximum absolute atomic E-state index is 11.6. The number of hydrogen-bond acceptors (Lipinski definition) is 3. The smallest absolute Gasteiger partial charge is 0.249 e. The highest BCUT2D eigenvalue weighted by Gasteiger charge is 2.24. The van der Waals surface area contributed by atoms with Crippen molar-refractivity contribution in [2.24, 2.45) is 5.92 Å². The molecule has 0 radical (unpaired) electrons. The van der Waals surface area contributed by atoms with Gasteiger partial charge >= 0.3 is 0 Å². The number of rotatable bonds is 3. The van der Waals surface area contributed by atoms with Gasteiger partial charge in [0.15, 0.2) is 0 Å². The molecule has 2 saturated heterocycles. The first kappa shape index (κ1) is 10.9. The Morgan fingerprint density at radius 1 is 1.40 bits per heavy atom. The molecule has 86 valence electrons. The fourth-order valence-corrected chi connectivity index (χ4v) is 2.24. The molecule has 2 fully saturated rings. The van der Waals surface area contributed by atoms with Crippen LogP contribution in [0.1, 0.15) is 25.7 Å². The Kier molecular flexibility index (Phi) is 3.97. The molecule has 0 aromatic carbocycles. The summed E-state index contributed by atoms with van der Waals surface area (Å²) in [7, 11) is 0. The molecule has 1 amide bonds. The Morgan fingerprint density at radius 3 is 3.00 bits per heavy atom. The number of carbonyl (C=O) groups is 1. The van der Waals surface area contributed by atoms with E-state index in [9.17, 15) is 4.79 Å². The fraction of sp³-hybridized carbons (Fsp3) is 0.909. The van der Waals surface area contributed by atoms with Crippen LogP contribution in [0.3, 0.4) is 0 Å². The molecule has 2 N–H and O–H groups in total. The van der Waals surface area contributed by atoms with Gasteiger partial charge in [-0.1, -0.05) is 0 Å². The van der Waals surface area contributed by atoms with E-state index in [0.717, 1.165) is 39.1 Å². The van der Waals surface area contributed by atoms with Crippen LogP contribution in [-0.4, -0.2) is 38.3 Å². The van der Waals surface area contributed by atoms with Crippen LogP contribution in [0.4, 0.5) is 0 Å². The lowest BCUT2D eigenvalue weighted by Gasteiger charge is -2.23. The lowest BCUT2D eigenvalue weighted by atomic mass is 10.00. The van der Waals surface area contributed by atoms with E-state index in [1.807, 2.05) is 0 Å². The Labute approximate surface area is 90.8 Å². The quantitative estimate of drug-likeness (QED) is 0.706. The maximum Gasteiger partial charge on any atom is 0.249 e. The van der Waals surface area contributed by atoms with E-state index < -0.39 is 0 Å². The summed E-state index contributed by atoms with van der Waals surface area (Å²) in [6.45, 7) is 3.69. The molecule has 2 atom stereocenters. The van der Waals surface area contributed by atoms with Crippen LogP contribution < -0.4 is 10.6 Å². The van der Waals surface area contributed by atoms with Gasteiger partial charge in [0.25, 0.3) is 0 Å². The molecule has 0 aromatic heterocycles. The highest BCUT2D eigenvalue weighted by molar-refractivity contribution is 5.80. The summed E-state index contributed by atoms with van der Waals surface area (Å²) in [5.41, 5.74) is 0. The first-order valence-electron chi connectivity index (χ1n) is 5.96. The summed E-state index contributed by atoms with van der Waals surface area (Å²) in [4.78, 5) is 11.6. The molecule has 0 saturated carbocycles. The monoisotopic (exact) mass is 212 g/mol. The van der Waals surface area contributed by atoms with Gasteiger partial charge in [-0.05, 0) is 44.7 Å². The molecular formula is C11H20N2O2. The van der Waals surface area contributed by atoms with Crippen molar-refractivity contribution in [3.63, 3.8) is 0 Å². The maximum atomic E-state index is 11.6. The van der Waals surface area contributed by atoms with E-state index in [1.54, 1.807) is 0 Å². The summed E-state index contributed by atoms with van der Waals surface area (Å²) < 4.78 is 5.33. The molecule has 0 aromatic rings. The second kappa shape index (κ2) is 5.47. The van der Waals surface area contributed by atoms with Crippen molar-refractivity contribution in [2.75, 3.05) is 26.2 Å². The van der Waals surface area contributed by atoms with Crippen LogP contribution in [0.15, 0.2) is 0 Å². The lowest BCUT2D eigenvalue weighted by molar-refractivity contribution is -0.130. The topological polar surface area (TPSA) is 50.4 Å². The number of amides is 1. The molecule has 4 heteroatoms. The Balaban J connectivity index is 1.65. The zero-order valence-corrected chi connectivity index (χ0v) is 9.13. The van der Waals surface area contributed by atoms with Gasteiger partial charge < -0.3 is 15.4 Å². The average molecular weight is 212 g/mol. The molecule has 15 heavy (non-hydrogen) atoms. The minimum atomic E-state index is -0.179. The van der Waals surface area contributed by atoms with E-state index in [-0.39, 0.29) is 12.0 Å². The molecular weight excluding hydrogens is 192 g/mol. The van der Waals surface area contributed by atoms with Crippen molar-refractivity contribution in [3.05, 3.63) is 0 Å². The Bertz CT molecular complexity index is 209. The molecule has 2 aliphatic rings. The molecule has 4 nitrogen and oxygen atoms in total. The minimum Gasteiger partial charge on any atom is -0.368 e. The third-order valence-corrected chi connectivity index (χ3v) is 3.19. The SMILES string of the molecule is O=C(NCC1CCCNC1)[C@@H]1CCCO1. The van der Waals surface area contributed by atoms with Gasteiger partial charge in [-0.2, -0.15) is 0 Å². The second-order valence-corrected chi connectivity index (χ2v) is 4.46. The number of ether oxygens (including phenoxy) is 1. The van der Waals surface area contributed by atoms with Gasteiger partial charge in [-0.15, -0.1) is 0 Å². The Morgan fingerprint density at radius 2 is 2.33 bits per heavy atom. The number of nitrogens with one attached hydrogen (secondary N) is 2. The van der Waals surface area contributed by atoms with E-state index in [1.165, 1.54) is 12.8 Å². The number of piperidine rings is 1. The minimum absolute atomic E-state index is 0.0815. The van der Waals surface area contributed by atoms with Gasteiger partial charge in [-0.3, -0.25) is 4.79 Å². The van der Waals surface area contributed by atoms with Crippen LogP contribution in [0.5, 0.6) is 0 Å². The van der Waals surface area contributed by atoms with Crippen molar-refractivity contribution in [1.82, 2.24) is 10.6 Å². The Hall–Kier alpha value is -0.610. The van der Waals surface area contributed by atoms with Crippen molar-refractivity contribution in [1.29, 1.82) is 0 Å². The third kappa shape index (κ3) is 3.18. The summed E-state index contributed by atoms with van der Waals surface area (Å²) in [5, 5.41) is 6.34. The highest BCUT2D eigenvalue weighted by atomic mass is 16.5. The van der Waals surface area contributed by atoms with Crippen molar-refractivity contribution < 1.29 is 9.53 Å². The van der Waals surface area contributed by atoms with Gasteiger partial charge in [0.2, 0.25) is 5.91 Å². The lowest BCUT2D eigenvalue weighted by Crippen LogP contribution is -2.41. The molecule has 2 heterocycles. The normalized spacial score (nSPS) is 31.5. The predicted molar refractivity (Wildman–Crippen MR) is 57.6 cm³/mol. The van der Waals surface area contributed by atoms with Crippen LogP contribution >= 0.6 is 0 Å². The van der Waals surface area contributed by atoms with Crippen molar-refractivity contribution >= 4 is 5.91 Å². The predicted octanol–water partition coefficient (Wildman–Crippen LogP) is 0.281. The van der Waals surface area contributed by atoms with Gasteiger partial charge in [0.1, 0.15) is 6.10 Å². The van der Waals surface area contributed by atoms with Crippen molar-refractivity contribution in [2.45, 2.75) is 31.8 Å². The fourth-order valence-electron chi connectivity index (χ4n) is 2.24. The molecule has 2 aliphatic heterocycles. The van der Waals surface area contributed by atoms with E-state index in [2.05, 4.69) is 10.6 Å². The highest BCUT2D eigenvalue weighted by Crippen LogP contribution is 2.13. The van der Waals surface area contributed by atoms with Gasteiger partial charge in [-0.25, -0.2) is 0 Å². The zero-order valence-electron chi connectivity index (χ0n) is 9.13. The standard InChI is InChI=1S/C11H20N2O2/c14-11(10-4-2-6-15-10)13-8-9-3-1-5-12-7-9/h9-10,12H,1-8H2,(H,13,14)/t9?,10-/m0/s1. The van der Waals surface area contributed by atoms with E-state index >= 15 is 0 Å². The van der Waals surface area contributed by atoms with Crippen molar-refractivity contribution in [3.8, 4) is 0 Å². The molecule has 0 bridgehead atoms. The van der Waals surface area contributed by atoms with E-state index in [4.69, 9.17) is 4.74 Å². The molecule has 1 unspecified atom stereocenters. The number of carbonyl (C=O) groups excluding carboxylic acids is 1. The first-order chi connectivity index (χ1) is 7.36. The summed E-state index contributed by atoms with van der Waals surface area (Å²) >= 11 is 0. The third-order valence-electron chi connectivity index (χ3n) is 3.19. The van der Waals surface area contributed by atoms with Gasteiger partial charge in [0, 0.05) is 13.2 Å². The van der Waals surface area contributed by atoms with E-state index in [0.29, 0.717) is 5.92 Å². The summed E-state index contributed by atoms with van der Waals surface area (Å²) in [6, 6.07) is 0.